The fraction of sp³-hybridized carbons (Fsp3) is 0.231. The van der Waals surface area contributed by atoms with Crippen molar-refractivity contribution in [1.29, 1.82) is 5.26 Å². The van der Waals surface area contributed by atoms with Gasteiger partial charge in [-0.2, -0.15) is 5.26 Å². The summed E-state index contributed by atoms with van der Waals surface area (Å²) in [6, 6.07) is 18.6. The lowest BCUT2D eigenvalue weighted by Crippen LogP contribution is -2.27. The maximum absolute atomic E-state index is 12.6. The van der Waals surface area contributed by atoms with Crippen LogP contribution in [-0.4, -0.2) is 38.0 Å². The van der Waals surface area contributed by atoms with E-state index >= 15 is 0 Å². The molecule has 0 aliphatic heterocycles. The van der Waals surface area contributed by atoms with E-state index < -0.39 is 18.5 Å². The number of rotatable bonds is 8. The minimum Gasteiger partial charge on any atom is -0.456 e. The Morgan fingerprint density at radius 1 is 1.08 bits per heavy atom. The van der Waals surface area contributed by atoms with Gasteiger partial charge in [-0.25, -0.2) is 4.68 Å². The molecule has 182 valence electrons. The van der Waals surface area contributed by atoms with Crippen LogP contribution in [0.15, 0.2) is 59.4 Å². The zero-order chi connectivity index (χ0) is 25.7. The number of aromatic nitrogens is 4. The third-order valence-corrected chi connectivity index (χ3v) is 5.90. The maximum atomic E-state index is 12.6. The highest BCUT2D eigenvalue weighted by atomic mass is 16.5. The second-order valence-electron chi connectivity index (χ2n) is 8.21. The summed E-state index contributed by atoms with van der Waals surface area (Å²) in [7, 11) is 0. The number of aryl methyl sites for hydroxylation is 1. The molecule has 4 rings (SSSR count). The lowest BCUT2D eigenvalue weighted by molar-refractivity contribution is -0.147. The van der Waals surface area contributed by atoms with Crippen molar-refractivity contribution in [2.75, 3.05) is 11.9 Å². The molecule has 10 heteroatoms. The SMILES string of the molecule is Cc1c(C#N)c(NC(=O)COC(=O)CCn2nnc3ccccc3c2=O)n(Cc2ccccc2)c1C. The Morgan fingerprint density at radius 3 is 2.56 bits per heavy atom. The molecule has 0 radical (unpaired) electrons. The summed E-state index contributed by atoms with van der Waals surface area (Å²) >= 11 is 0. The molecule has 1 N–H and O–H groups in total. The number of carbonyl (C=O) groups is 2. The van der Waals surface area contributed by atoms with Crippen molar-refractivity contribution in [3.05, 3.63) is 87.3 Å². The first-order valence-electron chi connectivity index (χ1n) is 11.3. The Hall–Kier alpha value is -4.78. The van der Waals surface area contributed by atoms with Crippen LogP contribution in [0.3, 0.4) is 0 Å². The molecule has 0 aliphatic carbocycles. The van der Waals surface area contributed by atoms with Crippen LogP contribution in [0.5, 0.6) is 0 Å². The predicted molar refractivity (Wildman–Crippen MR) is 132 cm³/mol. The molecule has 4 aromatic rings. The molecule has 0 unspecified atom stereocenters. The Balaban J connectivity index is 1.38. The maximum Gasteiger partial charge on any atom is 0.308 e. The molecule has 1 amide bonds. The van der Waals surface area contributed by atoms with Gasteiger partial charge >= 0.3 is 5.97 Å². The molecule has 0 saturated carbocycles. The zero-order valence-electron chi connectivity index (χ0n) is 19.9. The largest absolute Gasteiger partial charge is 0.456 e. The normalized spacial score (nSPS) is 10.7. The van der Waals surface area contributed by atoms with E-state index in [1.165, 1.54) is 0 Å². The highest BCUT2D eigenvalue weighted by Gasteiger charge is 2.20. The topological polar surface area (TPSA) is 132 Å². The van der Waals surface area contributed by atoms with Crippen molar-refractivity contribution in [3.8, 4) is 6.07 Å². The number of ether oxygens (including phenoxy) is 1. The van der Waals surface area contributed by atoms with Crippen molar-refractivity contribution in [2.24, 2.45) is 0 Å². The van der Waals surface area contributed by atoms with Gasteiger partial charge in [0.1, 0.15) is 17.4 Å². The van der Waals surface area contributed by atoms with Crippen molar-refractivity contribution in [1.82, 2.24) is 19.6 Å². The summed E-state index contributed by atoms with van der Waals surface area (Å²) in [6.07, 6.45) is -0.160. The number of fused-ring (bicyclic) bond motifs is 1. The van der Waals surface area contributed by atoms with Gasteiger partial charge in [-0.05, 0) is 37.1 Å². The summed E-state index contributed by atoms with van der Waals surface area (Å²) < 4.78 is 8.03. The van der Waals surface area contributed by atoms with Gasteiger partial charge in [-0.3, -0.25) is 14.4 Å². The fourth-order valence-electron chi connectivity index (χ4n) is 3.85. The number of nitriles is 1. The molecule has 0 aliphatic rings. The molecular formula is C26H24N6O4. The Kier molecular flexibility index (Phi) is 7.20. The van der Waals surface area contributed by atoms with Crippen LogP contribution >= 0.6 is 0 Å². The predicted octanol–water partition coefficient (Wildman–Crippen LogP) is 2.70. The third kappa shape index (κ3) is 5.15. The van der Waals surface area contributed by atoms with E-state index in [2.05, 4.69) is 21.7 Å². The Bertz CT molecular complexity index is 1530. The average Bonchev–Trinajstić information content (AvgIpc) is 3.11. The first kappa shape index (κ1) is 24.3. The van der Waals surface area contributed by atoms with E-state index in [1.54, 1.807) is 24.3 Å². The molecule has 0 saturated heterocycles. The standard InChI is InChI=1S/C26H24N6O4/c1-17-18(2)31(15-19-8-4-3-5-9-19)25(21(17)14-27)28-23(33)16-36-24(34)12-13-32-26(35)20-10-6-7-11-22(20)29-30-32/h3-11H,12-13,15-16H2,1-2H3,(H,28,33). The van der Waals surface area contributed by atoms with E-state index in [0.29, 0.717) is 28.8 Å². The van der Waals surface area contributed by atoms with E-state index in [9.17, 15) is 19.6 Å². The number of carbonyl (C=O) groups excluding carboxylic acids is 2. The number of hydrogen-bond acceptors (Lipinski definition) is 7. The molecule has 0 atom stereocenters. The second kappa shape index (κ2) is 10.7. The van der Waals surface area contributed by atoms with Crippen molar-refractivity contribution >= 4 is 28.6 Å². The third-order valence-electron chi connectivity index (χ3n) is 5.90. The Morgan fingerprint density at radius 2 is 1.81 bits per heavy atom. The molecule has 36 heavy (non-hydrogen) atoms. The molecule has 0 spiro atoms. The highest BCUT2D eigenvalue weighted by molar-refractivity contribution is 5.93. The lowest BCUT2D eigenvalue weighted by Gasteiger charge is -2.13. The van der Waals surface area contributed by atoms with Gasteiger partial charge in [0.25, 0.3) is 11.5 Å². The van der Waals surface area contributed by atoms with E-state index in [1.807, 2.05) is 48.7 Å². The number of benzene rings is 2. The molecule has 10 nitrogen and oxygen atoms in total. The first-order valence-corrected chi connectivity index (χ1v) is 11.3. The van der Waals surface area contributed by atoms with Crippen LogP contribution in [0.1, 0.15) is 28.8 Å². The lowest BCUT2D eigenvalue weighted by atomic mass is 10.2. The monoisotopic (exact) mass is 484 g/mol. The number of esters is 1. The summed E-state index contributed by atoms with van der Waals surface area (Å²) in [6.45, 7) is 3.60. The van der Waals surface area contributed by atoms with Crippen molar-refractivity contribution in [2.45, 2.75) is 33.4 Å². The van der Waals surface area contributed by atoms with Crippen LogP contribution in [0, 0.1) is 25.2 Å². The summed E-state index contributed by atoms with van der Waals surface area (Å²) in [4.78, 5) is 37.3. The Labute approximate surface area is 206 Å². The van der Waals surface area contributed by atoms with Gasteiger partial charge in [-0.1, -0.05) is 47.7 Å². The van der Waals surface area contributed by atoms with Gasteiger partial charge in [0, 0.05) is 12.2 Å². The summed E-state index contributed by atoms with van der Waals surface area (Å²) in [5, 5.41) is 20.6. The number of nitrogens with one attached hydrogen (secondary N) is 1. The molecular weight excluding hydrogens is 460 g/mol. The average molecular weight is 485 g/mol. The van der Waals surface area contributed by atoms with Crippen LogP contribution in [-0.2, 0) is 27.4 Å². The molecule has 0 bridgehead atoms. The minimum absolute atomic E-state index is 0.0337. The van der Waals surface area contributed by atoms with Crippen LogP contribution in [0.25, 0.3) is 10.9 Å². The molecule has 2 aromatic heterocycles. The van der Waals surface area contributed by atoms with E-state index in [4.69, 9.17) is 4.74 Å². The van der Waals surface area contributed by atoms with Crippen LogP contribution in [0.2, 0.25) is 0 Å². The van der Waals surface area contributed by atoms with Gasteiger partial charge in [0.05, 0.1) is 23.9 Å². The molecule has 2 aromatic carbocycles. The van der Waals surface area contributed by atoms with Crippen LogP contribution in [0.4, 0.5) is 5.82 Å². The number of hydrogen-bond donors (Lipinski definition) is 1. The number of anilines is 1. The number of nitrogens with zero attached hydrogens (tertiary/aromatic N) is 5. The molecule has 0 fully saturated rings. The highest BCUT2D eigenvalue weighted by Crippen LogP contribution is 2.27. The quantitative estimate of drug-likeness (QED) is 0.380. The minimum atomic E-state index is -0.667. The fourth-order valence-corrected chi connectivity index (χ4v) is 3.85. The molecule has 2 heterocycles. The zero-order valence-corrected chi connectivity index (χ0v) is 19.9. The first-order chi connectivity index (χ1) is 17.4. The van der Waals surface area contributed by atoms with Gasteiger partial charge < -0.3 is 14.6 Å². The second-order valence-corrected chi connectivity index (χ2v) is 8.21. The number of amides is 1. The summed E-state index contributed by atoms with van der Waals surface area (Å²) in [5.41, 5.74) is 3.09. The van der Waals surface area contributed by atoms with E-state index in [0.717, 1.165) is 21.5 Å². The van der Waals surface area contributed by atoms with Crippen LogP contribution < -0.4 is 10.9 Å². The summed E-state index contributed by atoms with van der Waals surface area (Å²) in [5.74, 6) is -0.885. The van der Waals surface area contributed by atoms with Gasteiger partial charge in [0.15, 0.2) is 6.61 Å². The van der Waals surface area contributed by atoms with Gasteiger partial charge in [0.2, 0.25) is 0 Å². The van der Waals surface area contributed by atoms with Crippen molar-refractivity contribution < 1.29 is 14.3 Å². The smallest absolute Gasteiger partial charge is 0.308 e. The van der Waals surface area contributed by atoms with Crippen molar-refractivity contribution in [3.63, 3.8) is 0 Å². The van der Waals surface area contributed by atoms with Gasteiger partial charge in [-0.15, -0.1) is 5.10 Å². The van der Waals surface area contributed by atoms with E-state index in [-0.39, 0.29) is 18.5 Å².